The molecule has 0 atom stereocenters. The van der Waals surface area contributed by atoms with Crippen LogP contribution in [0.3, 0.4) is 0 Å². The zero-order valence-corrected chi connectivity index (χ0v) is 8.81. The van der Waals surface area contributed by atoms with Gasteiger partial charge in [-0.05, 0) is 28.7 Å². The van der Waals surface area contributed by atoms with Crippen molar-refractivity contribution in [1.82, 2.24) is 0 Å². The molecule has 1 aliphatic rings. The lowest BCUT2D eigenvalue weighted by molar-refractivity contribution is 0.111. The number of halogens is 1. The Balaban J connectivity index is 2.33. The summed E-state index contributed by atoms with van der Waals surface area (Å²) in [6.45, 7) is 5.49. The fourth-order valence-corrected chi connectivity index (χ4v) is 1.82. The summed E-state index contributed by atoms with van der Waals surface area (Å²) in [6, 6.07) is 6.36. The number of benzene rings is 1. The Morgan fingerprint density at radius 1 is 1.43 bits per heavy atom. The van der Waals surface area contributed by atoms with Crippen LogP contribution in [0.2, 0.25) is 0 Å². The zero-order chi connectivity index (χ0) is 9.97. The first-order valence-corrected chi connectivity index (χ1v) is 5.28. The van der Waals surface area contributed by atoms with Crippen LogP contribution in [0.4, 0.5) is 0 Å². The zero-order valence-electron chi connectivity index (χ0n) is 8.05. The van der Waals surface area contributed by atoms with Gasteiger partial charge in [-0.15, -0.1) is 11.6 Å². The lowest BCUT2D eigenvalue weighted by Gasteiger charge is -2.17. The number of hydrogen-bond acceptors (Lipinski definition) is 1. The second kappa shape index (κ2) is 4.16. The van der Waals surface area contributed by atoms with E-state index >= 15 is 0 Å². The average molecular weight is 209 g/mol. The minimum absolute atomic E-state index is 0.495. The molecule has 0 aliphatic carbocycles. The van der Waals surface area contributed by atoms with Crippen LogP contribution in [-0.2, 0) is 17.8 Å². The third-order valence-corrected chi connectivity index (χ3v) is 2.87. The molecule has 0 radical (unpaired) electrons. The number of alkyl halides is 1. The molecule has 14 heavy (non-hydrogen) atoms. The Morgan fingerprint density at radius 3 is 3.07 bits per heavy atom. The SMILES string of the molecule is C=C(CCl)c1ccc2c(c1)CCOC2. The van der Waals surface area contributed by atoms with Crippen molar-refractivity contribution < 1.29 is 4.74 Å². The number of rotatable bonds is 2. The van der Waals surface area contributed by atoms with Crippen LogP contribution in [0.1, 0.15) is 16.7 Å². The van der Waals surface area contributed by atoms with Crippen LogP contribution in [0, 0.1) is 0 Å². The summed E-state index contributed by atoms with van der Waals surface area (Å²) in [7, 11) is 0. The molecule has 0 saturated carbocycles. The van der Waals surface area contributed by atoms with Crippen molar-refractivity contribution in [2.24, 2.45) is 0 Å². The van der Waals surface area contributed by atoms with E-state index in [4.69, 9.17) is 16.3 Å². The van der Waals surface area contributed by atoms with E-state index in [1.54, 1.807) is 0 Å². The van der Waals surface area contributed by atoms with Crippen molar-refractivity contribution in [2.45, 2.75) is 13.0 Å². The molecule has 0 spiro atoms. The molecule has 2 heteroatoms. The molecule has 0 unspecified atom stereocenters. The van der Waals surface area contributed by atoms with Gasteiger partial charge in [0, 0.05) is 5.88 Å². The Morgan fingerprint density at radius 2 is 2.29 bits per heavy atom. The molecule has 74 valence electrons. The van der Waals surface area contributed by atoms with Crippen molar-refractivity contribution in [3.63, 3.8) is 0 Å². The smallest absolute Gasteiger partial charge is 0.0719 e. The summed E-state index contributed by atoms with van der Waals surface area (Å²) in [4.78, 5) is 0. The average Bonchev–Trinajstić information content (AvgIpc) is 2.27. The van der Waals surface area contributed by atoms with Crippen LogP contribution in [0.15, 0.2) is 24.8 Å². The molecule has 0 amide bonds. The highest BCUT2D eigenvalue weighted by molar-refractivity contribution is 6.23. The highest BCUT2D eigenvalue weighted by Gasteiger charge is 2.10. The predicted octanol–water partition coefficient (Wildman–Crippen LogP) is 3.01. The topological polar surface area (TPSA) is 9.23 Å². The van der Waals surface area contributed by atoms with Gasteiger partial charge in [0.25, 0.3) is 0 Å². The standard InChI is InChI=1S/C12H13ClO/c1-9(7-13)10-2-3-12-8-14-5-4-11(12)6-10/h2-3,6H,1,4-5,7-8H2. The van der Waals surface area contributed by atoms with Crippen molar-refractivity contribution in [3.8, 4) is 0 Å². The predicted molar refractivity (Wildman–Crippen MR) is 59.6 cm³/mol. The summed E-state index contributed by atoms with van der Waals surface area (Å²) < 4.78 is 5.37. The maximum Gasteiger partial charge on any atom is 0.0719 e. The maximum atomic E-state index is 5.75. The molecule has 1 nitrogen and oxygen atoms in total. The van der Waals surface area contributed by atoms with Gasteiger partial charge in [-0.3, -0.25) is 0 Å². The van der Waals surface area contributed by atoms with E-state index in [0.717, 1.165) is 30.8 Å². The first-order valence-electron chi connectivity index (χ1n) is 4.75. The van der Waals surface area contributed by atoms with Crippen LogP contribution >= 0.6 is 11.6 Å². The van der Waals surface area contributed by atoms with Crippen molar-refractivity contribution in [3.05, 3.63) is 41.5 Å². The van der Waals surface area contributed by atoms with Crippen molar-refractivity contribution >= 4 is 17.2 Å². The quantitative estimate of drug-likeness (QED) is 0.679. The summed E-state index contributed by atoms with van der Waals surface area (Å²) in [5.74, 6) is 0.495. The second-order valence-corrected chi connectivity index (χ2v) is 3.79. The van der Waals surface area contributed by atoms with Crippen LogP contribution < -0.4 is 0 Å². The molecule has 1 heterocycles. The molecule has 0 fully saturated rings. The lowest BCUT2D eigenvalue weighted by atomic mass is 9.98. The van der Waals surface area contributed by atoms with E-state index in [1.165, 1.54) is 11.1 Å². The first kappa shape index (κ1) is 9.75. The molecule has 2 rings (SSSR count). The van der Waals surface area contributed by atoms with Gasteiger partial charge in [-0.1, -0.05) is 24.8 Å². The van der Waals surface area contributed by atoms with Crippen LogP contribution in [-0.4, -0.2) is 12.5 Å². The van der Waals surface area contributed by atoms with E-state index in [0.29, 0.717) is 5.88 Å². The molecule has 1 aromatic rings. The largest absolute Gasteiger partial charge is 0.376 e. The fraction of sp³-hybridized carbons (Fsp3) is 0.333. The third kappa shape index (κ3) is 1.84. The Kier molecular flexibility index (Phi) is 2.90. The molecule has 0 saturated heterocycles. The molecule has 0 aromatic heterocycles. The fourth-order valence-electron chi connectivity index (χ4n) is 1.66. The maximum absolute atomic E-state index is 5.75. The van der Waals surface area contributed by atoms with Gasteiger partial charge in [-0.25, -0.2) is 0 Å². The van der Waals surface area contributed by atoms with Gasteiger partial charge >= 0.3 is 0 Å². The highest BCUT2D eigenvalue weighted by Crippen LogP contribution is 2.22. The van der Waals surface area contributed by atoms with Crippen LogP contribution in [0.25, 0.3) is 5.57 Å². The number of hydrogen-bond donors (Lipinski definition) is 0. The van der Waals surface area contributed by atoms with E-state index in [2.05, 4.69) is 24.8 Å². The third-order valence-electron chi connectivity index (χ3n) is 2.55. The number of allylic oxidation sites excluding steroid dienone is 1. The van der Waals surface area contributed by atoms with Gasteiger partial charge in [0.2, 0.25) is 0 Å². The monoisotopic (exact) mass is 208 g/mol. The van der Waals surface area contributed by atoms with Gasteiger partial charge in [0.15, 0.2) is 0 Å². The van der Waals surface area contributed by atoms with E-state index in [9.17, 15) is 0 Å². The van der Waals surface area contributed by atoms with Gasteiger partial charge in [0.1, 0.15) is 0 Å². The van der Waals surface area contributed by atoms with Crippen molar-refractivity contribution in [1.29, 1.82) is 0 Å². The first-order chi connectivity index (χ1) is 6.81. The summed E-state index contributed by atoms with van der Waals surface area (Å²) >= 11 is 5.75. The molecule has 0 bridgehead atoms. The highest BCUT2D eigenvalue weighted by atomic mass is 35.5. The van der Waals surface area contributed by atoms with Gasteiger partial charge in [-0.2, -0.15) is 0 Å². The van der Waals surface area contributed by atoms with Gasteiger partial charge < -0.3 is 4.74 Å². The second-order valence-electron chi connectivity index (χ2n) is 3.52. The minimum Gasteiger partial charge on any atom is -0.376 e. The molecular weight excluding hydrogens is 196 g/mol. The Bertz CT molecular complexity index is 357. The van der Waals surface area contributed by atoms with Crippen LogP contribution in [0.5, 0.6) is 0 Å². The molecule has 0 N–H and O–H groups in total. The van der Waals surface area contributed by atoms with E-state index < -0.39 is 0 Å². The summed E-state index contributed by atoms with van der Waals surface area (Å²) in [5.41, 5.74) is 4.81. The molecule has 1 aliphatic heterocycles. The number of ether oxygens (including phenoxy) is 1. The Labute approximate surface area is 89.3 Å². The number of fused-ring (bicyclic) bond motifs is 1. The lowest BCUT2D eigenvalue weighted by Crippen LogP contribution is -2.09. The molecular formula is C12H13ClO. The minimum atomic E-state index is 0.495. The Hall–Kier alpha value is -0.790. The molecule has 1 aromatic carbocycles. The van der Waals surface area contributed by atoms with E-state index in [1.807, 2.05) is 0 Å². The van der Waals surface area contributed by atoms with E-state index in [-0.39, 0.29) is 0 Å². The summed E-state index contributed by atoms with van der Waals surface area (Å²) in [6.07, 6.45) is 0.999. The summed E-state index contributed by atoms with van der Waals surface area (Å²) in [5, 5.41) is 0. The van der Waals surface area contributed by atoms with Crippen molar-refractivity contribution in [2.75, 3.05) is 12.5 Å². The van der Waals surface area contributed by atoms with Gasteiger partial charge in [0.05, 0.1) is 13.2 Å². The normalized spacial score (nSPS) is 14.9.